The second-order valence-electron chi connectivity index (χ2n) is 4.11. The summed E-state index contributed by atoms with van der Waals surface area (Å²) in [4.78, 5) is 1.30. The van der Waals surface area contributed by atoms with E-state index < -0.39 is 0 Å². The molecule has 0 aromatic heterocycles. The number of rotatable bonds is 5. The minimum atomic E-state index is 0.801. The van der Waals surface area contributed by atoms with E-state index in [2.05, 4.69) is 35.8 Å². The number of thioether (sulfide) groups is 1. The van der Waals surface area contributed by atoms with Gasteiger partial charge in [-0.05, 0) is 42.5 Å². The number of benzene rings is 2. The van der Waals surface area contributed by atoms with Gasteiger partial charge >= 0.3 is 0 Å². The van der Waals surface area contributed by atoms with E-state index in [9.17, 15) is 0 Å². The smallest absolute Gasteiger partial charge is 0.0574 e. The minimum absolute atomic E-state index is 0.801. The normalized spacial score (nSPS) is 10.3. The van der Waals surface area contributed by atoms with Crippen molar-refractivity contribution in [2.75, 3.05) is 23.9 Å². The Labute approximate surface area is 113 Å². The lowest BCUT2D eigenvalue weighted by Gasteiger charge is -2.09. The monoisotopic (exact) mass is 258 g/mol. The number of nitrogens with one attached hydrogen (secondary N) is 1. The SMILES string of the molecule is CSc1ccc(CCNc2ccccc2N)cc1. The van der Waals surface area contributed by atoms with E-state index in [1.54, 1.807) is 11.8 Å². The molecule has 0 radical (unpaired) electrons. The second kappa shape index (κ2) is 6.36. The largest absolute Gasteiger partial charge is 0.397 e. The molecule has 2 aromatic rings. The first-order valence-corrected chi connectivity index (χ1v) is 7.23. The third-order valence-corrected chi connectivity index (χ3v) is 3.59. The molecule has 0 saturated heterocycles. The third kappa shape index (κ3) is 3.44. The van der Waals surface area contributed by atoms with Crippen molar-refractivity contribution >= 4 is 23.1 Å². The Hall–Kier alpha value is -1.61. The van der Waals surface area contributed by atoms with Gasteiger partial charge in [0.15, 0.2) is 0 Å². The molecule has 3 heteroatoms. The van der Waals surface area contributed by atoms with Gasteiger partial charge in [0.2, 0.25) is 0 Å². The maximum absolute atomic E-state index is 5.87. The Morgan fingerprint density at radius 1 is 1.06 bits per heavy atom. The standard InChI is InChI=1S/C15H18N2S/c1-18-13-8-6-12(7-9-13)10-11-17-15-5-3-2-4-14(15)16/h2-9,17H,10-11,16H2,1H3. The summed E-state index contributed by atoms with van der Waals surface area (Å²) in [6.07, 6.45) is 3.09. The van der Waals surface area contributed by atoms with Crippen molar-refractivity contribution in [3.05, 3.63) is 54.1 Å². The van der Waals surface area contributed by atoms with Crippen molar-refractivity contribution in [2.45, 2.75) is 11.3 Å². The molecule has 0 fully saturated rings. The molecule has 94 valence electrons. The molecule has 18 heavy (non-hydrogen) atoms. The van der Waals surface area contributed by atoms with Crippen LogP contribution in [-0.2, 0) is 6.42 Å². The Bertz CT molecular complexity index is 494. The average Bonchev–Trinajstić information content (AvgIpc) is 2.42. The van der Waals surface area contributed by atoms with Crippen LogP contribution in [0.4, 0.5) is 11.4 Å². The zero-order valence-electron chi connectivity index (χ0n) is 10.5. The Morgan fingerprint density at radius 2 is 1.78 bits per heavy atom. The maximum atomic E-state index is 5.87. The molecule has 0 spiro atoms. The van der Waals surface area contributed by atoms with Crippen LogP contribution in [-0.4, -0.2) is 12.8 Å². The molecule has 0 unspecified atom stereocenters. The molecule has 0 aliphatic heterocycles. The molecule has 0 bridgehead atoms. The summed E-state index contributed by atoms with van der Waals surface area (Å²) in [6, 6.07) is 16.5. The first-order valence-electron chi connectivity index (χ1n) is 6.01. The molecule has 0 amide bonds. The Morgan fingerprint density at radius 3 is 2.44 bits per heavy atom. The summed E-state index contributed by atoms with van der Waals surface area (Å²) in [5.74, 6) is 0. The van der Waals surface area contributed by atoms with E-state index in [0.717, 1.165) is 24.3 Å². The third-order valence-electron chi connectivity index (χ3n) is 2.85. The van der Waals surface area contributed by atoms with Crippen molar-refractivity contribution < 1.29 is 0 Å². The number of anilines is 2. The van der Waals surface area contributed by atoms with E-state index >= 15 is 0 Å². The Kier molecular flexibility index (Phi) is 4.53. The highest BCUT2D eigenvalue weighted by molar-refractivity contribution is 7.98. The molecule has 3 N–H and O–H groups in total. The molecule has 2 rings (SSSR count). The zero-order chi connectivity index (χ0) is 12.8. The van der Waals surface area contributed by atoms with Gasteiger partial charge in [0.05, 0.1) is 11.4 Å². The number of para-hydroxylation sites is 2. The van der Waals surface area contributed by atoms with Crippen LogP contribution in [0.25, 0.3) is 0 Å². The van der Waals surface area contributed by atoms with Crippen LogP contribution in [0.5, 0.6) is 0 Å². The fourth-order valence-electron chi connectivity index (χ4n) is 1.79. The molecular weight excluding hydrogens is 240 g/mol. The molecule has 0 heterocycles. The molecule has 0 aliphatic rings. The van der Waals surface area contributed by atoms with Gasteiger partial charge in [0.25, 0.3) is 0 Å². The highest BCUT2D eigenvalue weighted by atomic mass is 32.2. The van der Waals surface area contributed by atoms with Crippen LogP contribution in [0, 0.1) is 0 Å². The van der Waals surface area contributed by atoms with Crippen LogP contribution in [0.3, 0.4) is 0 Å². The summed E-state index contributed by atoms with van der Waals surface area (Å²) in [5, 5.41) is 3.36. The lowest BCUT2D eigenvalue weighted by molar-refractivity contribution is 1.02. The molecule has 2 nitrogen and oxygen atoms in total. The summed E-state index contributed by atoms with van der Waals surface area (Å²) in [7, 11) is 0. The highest BCUT2D eigenvalue weighted by Gasteiger charge is 1.97. The van der Waals surface area contributed by atoms with Crippen molar-refractivity contribution in [3.8, 4) is 0 Å². The second-order valence-corrected chi connectivity index (χ2v) is 4.99. The summed E-state index contributed by atoms with van der Waals surface area (Å²) < 4.78 is 0. The number of hydrogen-bond donors (Lipinski definition) is 2. The lowest BCUT2D eigenvalue weighted by Crippen LogP contribution is -2.06. The minimum Gasteiger partial charge on any atom is -0.397 e. The summed E-state index contributed by atoms with van der Waals surface area (Å²) in [6.45, 7) is 0.896. The highest BCUT2D eigenvalue weighted by Crippen LogP contribution is 2.17. The quantitative estimate of drug-likeness (QED) is 0.635. The van der Waals surface area contributed by atoms with Crippen LogP contribution in [0.2, 0.25) is 0 Å². The summed E-state index contributed by atoms with van der Waals surface area (Å²) in [5.41, 5.74) is 9.03. The molecular formula is C15H18N2S. The molecule has 0 atom stereocenters. The van der Waals surface area contributed by atoms with Gasteiger partial charge in [-0.1, -0.05) is 24.3 Å². The Balaban J connectivity index is 1.86. The van der Waals surface area contributed by atoms with Crippen molar-refractivity contribution in [2.24, 2.45) is 0 Å². The van der Waals surface area contributed by atoms with Crippen molar-refractivity contribution in [3.63, 3.8) is 0 Å². The number of nitrogen functional groups attached to an aromatic ring is 1. The van der Waals surface area contributed by atoms with E-state index in [0.29, 0.717) is 0 Å². The fraction of sp³-hybridized carbons (Fsp3) is 0.200. The van der Waals surface area contributed by atoms with Gasteiger partial charge in [-0.25, -0.2) is 0 Å². The first kappa shape index (κ1) is 12.8. The molecule has 0 aliphatic carbocycles. The van der Waals surface area contributed by atoms with Gasteiger partial charge in [-0.2, -0.15) is 0 Å². The van der Waals surface area contributed by atoms with E-state index in [1.165, 1.54) is 10.5 Å². The van der Waals surface area contributed by atoms with Crippen molar-refractivity contribution in [1.29, 1.82) is 0 Å². The van der Waals surface area contributed by atoms with E-state index in [4.69, 9.17) is 5.73 Å². The van der Waals surface area contributed by atoms with Gasteiger partial charge in [-0.15, -0.1) is 11.8 Å². The first-order chi connectivity index (χ1) is 8.79. The lowest BCUT2D eigenvalue weighted by atomic mass is 10.1. The zero-order valence-corrected chi connectivity index (χ0v) is 11.3. The summed E-state index contributed by atoms with van der Waals surface area (Å²) >= 11 is 1.77. The number of hydrogen-bond acceptors (Lipinski definition) is 3. The predicted molar refractivity (Wildman–Crippen MR) is 81.3 cm³/mol. The van der Waals surface area contributed by atoms with Crippen LogP contribution in [0.15, 0.2) is 53.4 Å². The van der Waals surface area contributed by atoms with Gasteiger partial charge in [-0.3, -0.25) is 0 Å². The van der Waals surface area contributed by atoms with E-state index in [1.807, 2.05) is 24.3 Å². The number of nitrogens with two attached hydrogens (primary N) is 1. The fourth-order valence-corrected chi connectivity index (χ4v) is 2.20. The topological polar surface area (TPSA) is 38.0 Å². The average molecular weight is 258 g/mol. The maximum Gasteiger partial charge on any atom is 0.0574 e. The van der Waals surface area contributed by atoms with E-state index in [-0.39, 0.29) is 0 Å². The van der Waals surface area contributed by atoms with Gasteiger partial charge < -0.3 is 11.1 Å². The van der Waals surface area contributed by atoms with Gasteiger partial charge in [0, 0.05) is 11.4 Å². The molecule has 0 saturated carbocycles. The van der Waals surface area contributed by atoms with Crippen LogP contribution >= 0.6 is 11.8 Å². The van der Waals surface area contributed by atoms with Crippen molar-refractivity contribution in [1.82, 2.24) is 0 Å². The van der Waals surface area contributed by atoms with Crippen LogP contribution < -0.4 is 11.1 Å². The molecule has 2 aromatic carbocycles. The predicted octanol–water partition coefficient (Wildman–Crippen LogP) is 3.65. The van der Waals surface area contributed by atoms with Gasteiger partial charge in [0.1, 0.15) is 0 Å². The van der Waals surface area contributed by atoms with Crippen LogP contribution in [0.1, 0.15) is 5.56 Å².